The normalized spacial score (nSPS) is 15.6. The lowest BCUT2D eigenvalue weighted by atomic mass is 10.1. The highest BCUT2D eigenvalue weighted by Crippen LogP contribution is 2.26. The average molecular weight is 464 g/mol. The smallest absolute Gasteiger partial charge is 0.264 e. The first-order valence-corrected chi connectivity index (χ1v) is 12.0. The first-order valence-electron chi connectivity index (χ1n) is 10.5. The largest absolute Gasteiger partial charge is 0.335 e. The molecule has 1 aromatic heterocycles. The van der Waals surface area contributed by atoms with Crippen LogP contribution in [0.1, 0.15) is 42.9 Å². The first kappa shape index (κ1) is 22.0. The molecular formula is C23H30FN3O4S. The fourth-order valence-electron chi connectivity index (χ4n) is 4.04. The molecule has 0 saturated heterocycles. The van der Waals surface area contributed by atoms with Crippen molar-refractivity contribution in [1.82, 2.24) is 9.29 Å². The Hall–Kier alpha value is -3.20. The second-order valence-corrected chi connectivity index (χ2v) is 9.72. The number of nitrogens with one attached hydrogen (secondary N) is 2. The van der Waals surface area contributed by atoms with Crippen LogP contribution >= 0.6 is 0 Å². The molecule has 1 aliphatic carbocycles. The second kappa shape index (κ2) is 8.74. The highest BCUT2D eigenvalue weighted by molar-refractivity contribution is 7.90. The van der Waals surface area contributed by atoms with Crippen molar-refractivity contribution < 1.29 is 26.7 Å². The third-order valence-electron chi connectivity index (χ3n) is 5.90. The van der Waals surface area contributed by atoms with Crippen LogP contribution in [0.4, 0.5) is 10.1 Å². The SMILES string of the molecule is C[C@H](C(=O)Nc1ccc(S(=O)(=O)NC(=O)C2CCCC2)cc1)n1ccc2c(F)cccc21.[HH].[HH].[HH]. The lowest BCUT2D eigenvalue weighted by Crippen LogP contribution is -2.34. The number of sulfonamides is 1. The average Bonchev–Trinajstić information content (AvgIpc) is 3.44. The maximum atomic E-state index is 13.9. The highest BCUT2D eigenvalue weighted by atomic mass is 32.2. The molecule has 0 radical (unpaired) electrons. The Morgan fingerprint density at radius 2 is 1.78 bits per heavy atom. The molecule has 0 spiro atoms. The molecule has 2 amide bonds. The van der Waals surface area contributed by atoms with Crippen LogP contribution in [-0.4, -0.2) is 24.8 Å². The molecule has 174 valence electrons. The minimum absolute atomic E-state index is 0. The van der Waals surface area contributed by atoms with E-state index in [0.29, 0.717) is 29.4 Å². The van der Waals surface area contributed by atoms with Crippen molar-refractivity contribution >= 4 is 38.4 Å². The Bertz CT molecular complexity index is 1280. The van der Waals surface area contributed by atoms with Crippen LogP contribution in [0.2, 0.25) is 0 Å². The summed E-state index contributed by atoms with van der Waals surface area (Å²) in [5.74, 6) is -1.42. The van der Waals surface area contributed by atoms with Gasteiger partial charge >= 0.3 is 0 Å². The van der Waals surface area contributed by atoms with E-state index in [1.807, 2.05) is 0 Å². The summed E-state index contributed by atoms with van der Waals surface area (Å²) in [5, 5.41) is 3.17. The van der Waals surface area contributed by atoms with E-state index in [-0.39, 0.29) is 26.8 Å². The van der Waals surface area contributed by atoms with E-state index >= 15 is 0 Å². The van der Waals surface area contributed by atoms with Gasteiger partial charge in [0.15, 0.2) is 0 Å². The maximum absolute atomic E-state index is 13.9. The van der Waals surface area contributed by atoms with Gasteiger partial charge in [0.1, 0.15) is 11.9 Å². The number of rotatable bonds is 6. The van der Waals surface area contributed by atoms with E-state index in [4.69, 9.17) is 0 Å². The van der Waals surface area contributed by atoms with Crippen LogP contribution in [-0.2, 0) is 19.6 Å². The standard InChI is InChI=1S/C23H24FN3O4S.3H2/c1-15(27-14-13-19-20(24)7-4-8-21(19)27)22(28)25-17-9-11-18(12-10-17)32(30,31)26-23(29)16-5-2-3-6-16;;;/h4,7-16H,2-3,5-6H2,1H3,(H,25,28)(H,26,29);3*1H/t15-;;;/m1.../s1. The number of nitrogens with zero attached hydrogens (tertiary/aromatic N) is 1. The van der Waals surface area contributed by atoms with Crippen LogP contribution in [0.5, 0.6) is 0 Å². The molecule has 9 heteroatoms. The van der Waals surface area contributed by atoms with E-state index < -0.39 is 22.0 Å². The van der Waals surface area contributed by atoms with Crippen molar-refractivity contribution in [2.24, 2.45) is 5.92 Å². The van der Waals surface area contributed by atoms with Crippen LogP contribution in [0.25, 0.3) is 10.9 Å². The Morgan fingerprint density at radius 3 is 2.47 bits per heavy atom. The van der Waals surface area contributed by atoms with Crippen LogP contribution in [0, 0.1) is 11.7 Å². The summed E-state index contributed by atoms with van der Waals surface area (Å²) < 4.78 is 42.7. The molecule has 3 aromatic rings. The van der Waals surface area contributed by atoms with Gasteiger partial charge in [0.05, 0.1) is 10.4 Å². The number of halogens is 1. The number of benzene rings is 2. The van der Waals surface area contributed by atoms with Gasteiger partial charge < -0.3 is 9.88 Å². The van der Waals surface area contributed by atoms with E-state index in [9.17, 15) is 22.4 Å². The van der Waals surface area contributed by atoms with Gasteiger partial charge in [-0.2, -0.15) is 0 Å². The van der Waals surface area contributed by atoms with Gasteiger partial charge in [-0.15, -0.1) is 0 Å². The molecule has 1 saturated carbocycles. The van der Waals surface area contributed by atoms with Gasteiger partial charge in [-0.25, -0.2) is 17.5 Å². The van der Waals surface area contributed by atoms with Gasteiger partial charge in [-0.1, -0.05) is 18.9 Å². The summed E-state index contributed by atoms with van der Waals surface area (Å²) in [7, 11) is -3.97. The molecule has 4 rings (SSSR count). The third-order valence-corrected chi connectivity index (χ3v) is 7.26. The highest BCUT2D eigenvalue weighted by Gasteiger charge is 2.27. The lowest BCUT2D eigenvalue weighted by Gasteiger charge is -2.16. The number of amides is 2. The van der Waals surface area contributed by atoms with Crippen LogP contribution in [0.15, 0.2) is 59.6 Å². The maximum Gasteiger partial charge on any atom is 0.264 e. The van der Waals surface area contributed by atoms with Gasteiger partial charge in [-0.3, -0.25) is 9.59 Å². The predicted octanol–water partition coefficient (Wildman–Crippen LogP) is 4.71. The molecule has 2 N–H and O–H groups in total. The number of hydrogen-bond acceptors (Lipinski definition) is 4. The number of carbonyl (C=O) groups excluding carboxylic acids is 2. The van der Waals surface area contributed by atoms with Crippen molar-refractivity contribution in [3.63, 3.8) is 0 Å². The van der Waals surface area contributed by atoms with E-state index in [2.05, 4.69) is 10.0 Å². The lowest BCUT2D eigenvalue weighted by molar-refractivity contribution is -0.123. The summed E-state index contributed by atoms with van der Waals surface area (Å²) >= 11 is 0. The Labute approximate surface area is 190 Å². The first-order chi connectivity index (χ1) is 15.3. The van der Waals surface area contributed by atoms with Gasteiger partial charge in [-0.05, 0) is 62.2 Å². The summed E-state index contributed by atoms with van der Waals surface area (Å²) in [5.41, 5.74) is 1.01. The molecule has 0 bridgehead atoms. The Kier molecular flexibility index (Phi) is 6.01. The van der Waals surface area contributed by atoms with Crippen molar-refractivity contribution in [3.8, 4) is 0 Å². The van der Waals surface area contributed by atoms with Crippen molar-refractivity contribution in [3.05, 3.63) is 60.5 Å². The molecule has 0 aliphatic heterocycles. The van der Waals surface area contributed by atoms with Crippen molar-refractivity contribution in [2.45, 2.75) is 43.5 Å². The van der Waals surface area contributed by atoms with Crippen molar-refractivity contribution in [1.29, 1.82) is 0 Å². The number of aromatic nitrogens is 1. The van der Waals surface area contributed by atoms with Crippen LogP contribution < -0.4 is 10.0 Å². The number of hydrogen-bond donors (Lipinski definition) is 2. The molecule has 7 nitrogen and oxygen atoms in total. The van der Waals surface area contributed by atoms with Gasteiger partial charge in [0, 0.05) is 27.5 Å². The monoisotopic (exact) mass is 463 g/mol. The quantitative estimate of drug-likeness (QED) is 0.553. The van der Waals surface area contributed by atoms with Crippen molar-refractivity contribution in [2.75, 3.05) is 5.32 Å². The summed E-state index contributed by atoms with van der Waals surface area (Å²) in [6, 6.07) is 11.3. The zero-order chi connectivity index (χ0) is 22.9. The van der Waals surface area contributed by atoms with E-state index in [1.54, 1.807) is 35.9 Å². The fraction of sp³-hybridized carbons (Fsp3) is 0.304. The number of anilines is 1. The van der Waals surface area contributed by atoms with Gasteiger partial charge in [0.25, 0.3) is 10.0 Å². The molecule has 1 atom stereocenters. The minimum atomic E-state index is -3.97. The number of fused-ring (bicyclic) bond motifs is 1. The molecular weight excluding hydrogens is 433 g/mol. The number of carbonyl (C=O) groups is 2. The summed E-state index contributed by atoms with van der Waals surface area (Å²) in [4.78, 5) is 24.8. The Morgan fingerprint density at radius 1 is 1.09 bits per heavy atom. The van der Waals surface area contributed by atoms with Gasteiger partial charge in [0.2, 0.25) is 11.8 Å². The molecule has 1 aliphatic rings. The molecule has 32 heavy (non-hydrogen) atoms. The summed E-state index contributed by atoms with van der Waals surface area (Å²) in [6.45, 7) is 1.69. The minimum Gasteiger partial charge on any atom is -0.335 e. The topological polar surface area (TPSA) is 97.3 Å². The predicted molar refractivity (Wildman–Crippen MR) is 125 cm³/mol. The molecule has 0 unspecified atom stereocenters. The van der Waals surface area contributed by atoms with E-state index in [1.165, 1.54) is 30.3 Å². The summed E-state index contributed by atoms with van der Waals surface area (Å²) in [6.07, 6.45) is 4.92. The molecule has 1 fully saturated rings. The third kappa shape index (κ3) is 4.38. The zero-order valence-electron chi connectivity index (χ0n) is 17.5. The Balaban J connectivity index is 0.00000204. The van der Waals surface area contributed by atoms with E-state index in [0.717, 1.165) is 12.8 Å². The zero-order valence-corrected chi connectivity index (χ0v) is 18.4. The molecule has 2 aromatic carbocycles. The molecule has 1 heterocycles. The van der Waals surface area contributed by atoms with Crippen LogP contribution in [0.3, 0.4) is 0 Å². The fourth-order valence-corrected chi connectivity index (χ4v) is 5.09. The second-order valence-electron chi connectivity index (χ2n) is 8.04.